The number of carbonyl (C=O) groups is 1. The van der Waals surface area contributed by atoms with Crippen LogP contribution in [-0.4, -0.2) is 41.3 Å². The smallest absolute Gasteiger partial charge is 0.318 e. The SMILES string of the molecule is COc1ccccc1Cc1noc(C2CN(C(=O)NC(c3ccccc3)c3ccccc3)C2)n1. The van der Waals surface area contributed by atoms with Crippen molar-refractivity contribution in [3.63, 3.8) is 0 Å². The topological polar surface area (TPSA) is 80.5 Å². The Bertz CT molecular complexity index is 1200. The number of nitrogens with zero attached hydrogens (tertiary/aromatic N) is 3. The first-order valence-corrected chi connectivity index (χ1v) is 11.3. The fourth-order valence-electron chi connectivity index (χ4n) is 4.19. The molecule has 1 N–H and O–H groups in total. The van der Waals surface area contributed by atoms with E-state index in [-0.39, 0.29) is 18.0 Å². The number of para-hydroxylation sites is 1. The molecule has 0 bridgehead atoms. The van der Waals surface area contributed by atoms with E-state index in [9.17, 15) is 4.79 Å². The summed E-state index contributed by atoms with van der Waals surface area (Å²) in [6.45, 7) is 1.08. The second-order valence-corrected chi connectivity index (χ2v) is 8.34. The van der Waals surface area contributed by atoms with Crippen molar-refractivity contribution >= 4 is 6.03 Å². The second kappa shape index (κ2) is 9.79. The molecule has 3 aromatic carbocycles. The zero-order valence-corrected chi connectivity index (χ0v) is 18.9. The Morgan fingerprint density at radius 3 is 2.26 bits per heavy atom. The summed E-state index contributed by atoms with van der Waals surface area (Å²) < 4.78 is 10.9. The molecule has 1 aliphatic heterocycles. The van der Waals surface area contributed by atoms with Gasteiger partial charge in [-0.2, -0.15) is 4.98 Å². The molecule has 172 valence electrons. The summed E-state index contributed by atoms with van der Waals surface area (Å²) in [7, 11) is 1.65. The average molecular weight is 455 g/mol. The largest absolute Gasteiger partial charge is 0.496 e. The van der Waals surface area contributed by atoms with Gasteiger partial charge in [-0.05, 0) is 17.2 Å². The molecule has 0 unspecified atom stereocenters. The fraction of sp³-hybridized carbons (Fsp3) is 0.222. The van der Waals surface area contributed by atoms with Crippen LogP contribution in [0.1, 0.15) is 40.4 Å². The lowest BCUT2D eigenvalue weighted by Gasteiger charge is -2.38. The normalized spacial score (nSPS) is 13.5. The molecular formula is C27H26N4O3. The lowest BCUT2D eigenvalue weighted by Crippen LogP contribution is -2.53. The Kier molecular flexibility index (Phi) is 6.25. The minimum atomic E-state index is -0.218. The zero-order chi connectivity index (χ0) is 23.3. The molecule has 1 aliphatic rings. The number of nitrogens with one attached hydrogen (secondary N) is 1. The molecule has 1 aromatic heterocycles. The molecule has 34 heavy (non-hydrogen) atoms. The van der Waals surface area contributed by atoms with Gasteiger partial charge < -0.3 is 19.5 Å². The van der Waals surface area contributed by atoms with Gasteiger partial charge in [0.15, 0.2) is 5.82 Å². The van der Waals surface area contributed by atoms with Crippen molar-refractivity contribution in [2.45, 2.75) is 18.4 Å². The predicted molar refractivity (Wildman–Crippen MR) is 128 cm³/mol. The number of urea groups is 1. The van der Waals surface area contributed by atoms with Gasteiger partial charge in [0.05, 0.1) is 19.1 Å². The number of methoxy groups -OCH3 is 1. The first-order valence-electron chi connectivity index (χ1n) is 11.3. The molecule has 1 fully saturated rings. The van der Waals surface area contributed by atoms with Crippen molar-refractivity contribution in [2.75, 3.05) is 20.2 Å². The van der Waals surface area contributed by atoms with Crippen molar-refractivity contribution in [1.29, 1.82) is 0 Å². The maximum atomic E-state index is 13.0. The minimum absolute atomic E-state index is 0.0385. The van der Waals surface area contributed by atoms with Gasteiger partial charge in [0.25, 0.3) is 0 Å². The Morgan fingerprint density at radius 1 is 1.00 bits per heavy atom. The van der Waals surface area contributed by atoms with Crippen LogP contribution in [0.15, 0.2) is 89.5 Å². The first kappa shape index (κ1) is 21.7. The zero-order valence-electron chi connectivity index (χ0n) is 18.9. The molecule has 0 radical (unpaired) electrons. The van der Waals surface area contributed by atoms with Gasteiger partial charge >= 0.3 is 6.03 Å². The van der Waals surface area contributed by atoms with Crippen LogP contribution >= 0.6 is 0 Å². The Balaban J connectivity index is 1.21. The van der Waals surface area contributed by atoms with Crippen molar-refractivity contribution in [3.05, 3.63) is 113 Å². The van der Waals surface area contributed by atoms with Crippen molar-refractivity contribution in [3.8, 4) is 5.75 Å². The standard InChI is InChI=1S/C27H26N4O3/c1-33-23-15-9-8-14-21(23)16-24-28-26(34-30-24)22-17-31(18-22)27(32)29-25(19-10-4-2-5-11-19)20-12-6-3-7-13-20/h2-15,22,25H,16-18H2,1H3,(H,29,32). The summed E-state index contributed by atoms with van der Waals surface area (Å²) >= 11 is 0. The van der Waals surface area contributed by atoms with Gasteiger partial charge in [0.2, 0.25) is 5.89 Å². The van der Waals surface area contributed by atoms with Crippen LogP contribution in [0, 0.1) is 0 Å². The van der Waals surface area contributed by atoms with E-state index in [1.54, 1.807) is 12.0 Å². The third kappa shape index (κ3) is 4.64. The van der Waals surface area contributed by atoms with E-state index in [1.165, 1.54) is 0 Å². The van der Waals surface area contributed by atoms with Gasteiger partial charge in [-0.3, -0.25) is 0 Å². The maximum Gasteiger partial charge on any atom is 0.318 e. The lowest BCUT2D eigenvalue weighted by molar-refractivity contribution is 0.135. The number of likely N-dealkylation sites (tertiary alicyclic amines) is 1. The number of carbonyl (C=O) groups excluding carboxylic acids is 1. The van der Waals surface area contributed by atoms with E-state index in [4.69, 9.17) is 9.26 Å². The van der Waals surface area contributed by atoms with Crippen LogP contribution in [-0.2, 0) is 6.42 Å². The van der Waals surface area contributed by atoms with E-state index in [0.29, 0.717) is 31.2 Å². The summed E-state index contributed by atoms with van der Waals surface area (Å²) in [5.74, 6) is 2.01. The predicted octanol–water partition coefficient (Wildman–Crippen LogP) is 4.57. The third-order valence-electron chi connectivity index (χ3n) is 6.08. The molecule has 0 aliphatic carbocycles. The highest BCUT2D eigenvalue weighted by molar-refractivity contribution is 5.76. The minimum Gasteiger partial charge on any atom is -0.496 e. The Hall–Kier alpha value is -4.13. The highest BCUT2D eigenvalue weighted by atomic mass is 16.5. The Labute approximate surface area is 198 Å². The first-order chi connectivity index (χ1) is 16.7. The third-order valence-corrected chi connectivity index (χ3v) is 6.08. The molecule has 2 heterocycles. The molecule has 4 aromatic rings. The van der Waals surface area contributed by atoms with Crippen LogP contribution in [0.3, 0.4) is 0 Å². The van der Waals surface area contributed by atoms with Crippen LogP contribution in [0.2, 0.25) is 0 Å². The van der Waals surface area contributed by atoms with Crippen LogP contribution in [0.4, 0.5) is 4.79 Å². The van der Waals surface area contributed by atoms with Gasteiger partial charge in [0, 0.05) is 25.1 Å². The van der Waals surface area contributed by atoms with Crippen LogP contribution < -0.4 is 10.1 Å². The van der Waals surface area contributed by atoms with Gasteiger partial charge in [-0.25, -0.2) is 4.79 Å². The highest BCUT2D eigenvalue weighted by Crippen LogP contribution is 2.28. The fourth-order valence-corrected chi connectivity index (χ4v) is 4.19. The van der Waals surface area contributed by atoms with E-state index in [1.807, 2.05) is 84.9 Å². The molecular weight excluding hydrogens is 428 g/mol. The van der Waals surface area contributed by atoms with Gasteiger partial charge in [-0.15, -0.1) is 0 Å². The van der Waals surface area contributed by atoms with E-state index < -0.39 is 0 Å². The number of benzene rings is 3. The quantitative estimate of drug-likeness (QED) is 0.443. The highest BCUT2D eigenvalue weighted by Gasteiger charge is 2.36. The molecule has 0 saturated carbocycles. The average Bonchev–Trinajstić information content (AvgIpc) is 3.31. The van der Waals surface area contributed by atoms with E-state index in [0.717, 1.165) is 22.4 Å². The van der Waals surface area contributed by atoms with E-state index >= 15 is 0 Å². The molecule has 0 atom stereocenters. The van der Waals surface area contributed by atoms with Crippen molar-refractivity contribution in [1.82, 2.24) is 20.4 Å². The van der Waals surface area contributed by atoms with Crippen LogP contribution in [0.5, 0.6) is 5.75 Å². The molecule has 5 rings (SSSR count). The van der Waals surface area contributed by atoms with Crippen molar-refractivity contribution in [2.24, 2.45) is 0 Å². The van der Waals surface area contributed by atoms with Crippen LogP contribution in [0.25, 0.3) is 0 Å². The van der Waals surface area contributed by atoms with E-state index in [2.05, 4.69) is 15.5 Å². The number of ether oxygens (including phenoxy) is 1. The Morgan fingerprint density at radius 2 is 1.62 bits per heavy atom. The van der Waals surface area contributed by atoms with Gasteiger partial charge in [-0.1, -0.05) is 84.0 Å². The second-order valence-electron chi connectivity index (χ2n) is 8.34. The monoisotopic (exact) mass is 454 g/mol. The number of amides is 2. The number of hydrogen-bond donors (Lipinski definition) is 1. The lowest BCUT2D eigenvalue weighted by atomic mass is 9.98. The molecule has 0 spiro atoms. The maximum absolute atomic E-state index is 13.0. The number of rotatable bonds is 7. The van der Waals surface area contributed by atoms with Crippen molar-refractivity contribution < 1.29 is 14.1 Å². The van der Waals surface area contributed by atoms with Gasteiger partial charge in [0.1, 0.15) is 5.75 Å². The summed E-state index contributed by atoms with van der Waals surface area (Å²) in [5.41, 5.74) is 3.08. The molecule has 7 nitrogen and oxygen atoms in total. The molecule has 2 amide bonds. The summed E-state index contributed by atoms with van der Waals surface area (Å²) in [4.78, 5) is 19.3. The summed E-state index contributed by atoms with van der Waals surface area (Å²) in [5, 5.41) is 7.31. The number of aromatic nitrogens is 2. The molecule has 1 saturated heterocycles. The molecule has 7 heteroatoms. The number of hydrogen-bond acceptors (Lipinski definition) is 5. The summed E-state index contributed by atoms with van der Waals surface area (Å²) in [6.07, 6.45) is 0.528. The summed E-state index contributed by atoms with van der Waals surface area (Å²) in [6, 6.07) is 27.4.